The summed E-state index contributed by atoms with van der Waals surface area (Å²) in [5.74, 6) is -1.45. The van der Waals surface area contributed by atoms with Crippen molar-refractivity contribution in [2.75, 3.05) is 6.61 Å². The molecule has 0 aromatic heterocycles. The van der Waals surface area contributed by atoms with Crippen LogP contribution >= 0.6 is 15.9 Å². The van der Waals surface area contributed by atoms with Gasteiger partial charge in [-0.2, -0.15) is 0 Å². The van der Waals surface area contributed by atoms with Crippen LogP contribution in [0.15, 0.2) is 46.9 Å². The number of ether oxygens (including phenoxy) is 1. The van der Waals surface area contributed by atoms with E-state index in [1.165, 1.54) is 0 Å². The highest BCUT2D eigenvalue weighted by Gasteiger charge is 2.13. The van der Waals surface area contributed by atoms with Gasteiger partial charge in [-0.3, -0.25) is 0 Å². The highest BCUT2D eigenvalue weighted by Crippen LogP contribution is 2.29. The maximum absolute atomic E-state index is 13.5. The van der Waals surface area contributed by atoms with Crippen molar-refractivity contribution in [3.05, 3.63) is 64.1 Å². The summed E-state index contributed by atoms with van der Waals surface area (Å²) in [7, 11) is 0. The fourth-order valence-corrected chi connectivity index (χ4v) is 2.16. The number of halogens is 3. The minimum atomic E-state index is -0.757. The lowest BCUT2D eigenvalue weighted by Gasteiger charge is -2.15. The van der Waals surface area contributed by atoms with E-state index in [1.807, 2.05) is 30.3 Å². The molecule has 2 nitrogen and oxygen atoms in total. The first-order chi connectivity index (χ1) is 9.08. The van der Waals surface area contributed by atoms with Gasteiger partial charge in [-0.25, -0.2) is 8.78 Å². The highest BCUT2D eigenvalue weighted by molar-refractivity contribution is 9.10. The van der Waals surface area contributed by atoms with Crippen LogP contribution in [0.2, 0.25) is 0 Å². The first-order valence-electron chi connectivity index (χ1n) is 5.66. The second kappa shape index (κ2) is 6.12. The molecule has 1 unspecified atom stereocenters. The van der Waals surface area contributed by atoms with Gasteiger partial charge in [-0.05, 0) is 27.6 Å². The number of benzene rings is 2. The zero-order valence-electron chi connectivity index (χ0n) is 9.95. The Kier molecular flexibility index (Phi) is 4.50. The van der Waals surface area contributed by atoms with Crippen molar-refractivity contribution in [1.29, 1.82) is 0 Å². The molecule has 0 aliphatic rings. The molecule has 1 atom stereocenters. The summed E-state index contributed by atoms with van der Waals surface area (Å²) < 4.78 is 32.0. The molecule has 0 spiro atoms. The van der Waals surface area contributed by atoms with E-state index in [0.717, 1.165) is 17.7 Å². The van der Waals surface area contributed by atoms with Crippen LogP contribution in [0.5, 0.6) is 5.75 Å². The Morgan fingerprint density at radius 1 is 1.16 bits per heavy atom. The second-order valence-corrected chi connectivity index (χ2v) is 4.88. The van der Waals surface area contributed by atoms with E-state index in [0.29, 0.717) is 0 Å². The fourth-order valence-electron chi connectivity index (χ4n) is 1.64. The Balaban J connectivity index is 2.07. The van der Waals surface area contributed by atoms with Gasteiger partial charge in [0.05, 0.1) is 10.5 Å². The highest BCUT2D eigenvalue weighted by atomic mass is 79.9. The fraction of sp³-hybridized carbons (Fsp3) is 0.143. The molecule has 0 bridgehead atoms. The smallest absolute Gasteiger partial charge is 0.169 e. The molecule has 2 aromatic carbocycles. The van der Waals surface area contributed by atoms with Crippen molar-refractivity contribution in [3.63, 3.8) is 0 Å². The minimum Gasteiger partial charge on any atom is -0.487 e. The van der Waals surface area contributed by atoms with E-state index in [9.17, 15) is 8.78 Å². The van der Waals surface area contributed by atoms with Crippen molar-refractivity contribution < 1.29 is 13.5 Å². The molecule has 0 heterocycles. The Labute approximate surface area is 118 Å². The number of nitrogens with two attached hydrogens (primary N) is 1. The van der Waals surface area contributed by atoms with Crippen LogP contribution in [-0.4, -0.2) is 6.61 Å². The van der Waals surface area contributed by atoms with E-state index in [-0.39, 0.29) is 22.9 Å². The Hall–Kier alpha value is -1.46. The zero-order valence-corrected chi connectivity index (χ0v) is 11.5. The molecule has 0 saturated heterocycles. The second-order valence-electron chi connectivity index (χ2n) is 4.03. The molecule has 0 amide bonds. The molecule has 0 aliphatic heterocycles. The Bertz CT molecular complexity index is 540. The van der Waals surface area contributed by atoms with E-state index in [1.54, 1.807) is 0 Å². The zero-order chi connectivity index (χ0) is 13.8. The molecule has 0 saturated carbocycles. The van der Waals surface area contributed by atoms with Gasteiger partial charge >= 0.3 is 0 Å². The van der Waals surface area contributed by atoms with Gasteiger partial charge in [0.25, 0.3) is 0 Å². The third-order valence-electron chi connectivity index (χ3n) is 2.60. The topological polar surface area (TPSA) is 35.2 Å². The normalized spacial score (nSPS) is 12.2. The Morgan fingerprint density at radius 3 is 2.47 bits per heavy atom. The number of hydrogen-bond donors (Lipinski definition) is 1. The first kappa shape index (κ1) is 14.0. The number of hydrogen-bond acceptors (Lipinski definition) is 2. The Morgan fingerprint density at radius 2 is 1.84 bits per heavy atom. The predicted octanol–water partition coefficient (Wildman–Crippen LogP) is 3.81. The lowest BCUT2D eigenvalue weighted by molar-refractivity contribution is 0.274. The average Bonchev–Trinajstić information content (AvgIpc) is 2.38. The van der Waals surface area contributed by atoms with Crippen LogP contribution in [0, 0.1) is 11.6 Å². The largest absolute Gasteiger partial charge is 0.487 e. The van der Waals surface area contributed by atoms with Crippen molar-refractivity contribution in [2.45, 2.75) is 6.04 Å². The summed E-state index contributed by atoms with van der Waals surface area (Å²) >= 11 is 3.06. The summed E-state index contributed by atoms with van der Waals surface area (Å²) in [5.41, 5.74) is 6.83. The van der Waals surface area contributed by atoms with Crippen molar-refractivity contribution in [2.24, 2.45) is 5.73 Å². The van der Waals surface area contributed by atoms with Crippen LogP contribution in [0.25, 0.3) is 0 Å². The predicted molar refractivity (Wildman–Crippen MR) is 72.9 cm³/mol. The lowest BCUT2D eigenvalue weighted by Crippen LogP contribution is -2.19. The van der Waals surface area contributed by atoms with Crippen LogP contribution in [-0.2, 0) is 0 Å². The standard InChI is InChI=1S/C14H12BrF2NO/c15-11-6-10(16)7-12(17)14(11)19-8-13(18)9-4-2-1-3-5-9/h1-7,13H,8,18H2. The van der Waals surface area contributed by atoms with Crippen LogP contribution in [0.3, 0.4) is 0 Å². The molecule has 2 aromatic rings. The third kappa shape index (κ3) is 3.52. The van der Waals surface area contributed by atoms with Gasteiger partial charge in [0, 0.05) is 6.07 Å². The molecule has 100 valence electrons. The van der Waals surface area contributed by atoms with Gasteiger partial charge in [-0.15, -0.1) is 0 Å². The maximum Gasteiger partial charge on any atom is 0.169 e. The van der Waals surface area contributed by atoms with Gasteiger partial charge < -0.3 is 10.5 Å². The molecular weight excluding hydrogens is 316 g/mol. The van der Waals surface area contributed by atoms with Crippen LogP contribution < -0.4 is 10.5 Å². The lowest BCUT2D eigenvalue weighted by atomic mass is 10.1. The van der Waals surface area contributed by atoms with E-state index in [4.69, 9.17) is 10.5 Å². The number of rotatable bonds is 4. The summed E-state index contributed by atoms with van der Waals surface area (Å²) in [5, 5.41) is 0. The van der Waals surface area contributed by atoms with Gasteiger partial charge in [-0.1, -0.05) is 30.3 Å². The summed E-state index contributed by atoms with van der Waals surface area (Å²) in [4.78, 5) is 0. The third-order valence-corrected chi connectivity index (χ3v) is 3.19. The molecule has 0 aliphatic carbocycles. The van der Waals surface area contributed by atoms with Gasteiger partial charge in [0.1, 0.15) is 12.4 Å². The monoisotopic (exact) mass is 327 g/mol. The van der Waals surface area contributed by atoms with E-state index >= 15 is 0 Å². The first-order valence-corrected chi connectivity index (χ1v) is 6.45. The molecular formula is C14H12BrF2NO. The molecule has 5 heteroatoms. The summed E-state index contributed by atoms with van der Waals surface area (Å²) in [6.07, 6.45) is 0. The molecule has 2 N–H and O–H groups in total. The molecule has 2 rings (SSSR count). The van der Waals surface area contributed by atoms with E-state index < -0.39 is 11.6 Å². The van der Waals surface area contributed by atoms with Gasteiger partial charge in [0.2, 0.25) is 0 Å². The van der Waals surface area contributed by atoms with Crippen molar-refractivity contribution in [1.82, 2.24) is 0 Å². The van der Waals surface area contributed by atoms with Crippen LogP contribution in [0.1, 0.15) is 11.6 Å². The SMILES string of the molecule is NC(COc1c(F)cc(F)cc1Br)c1ccccc1. The average molecular weight is 328 g/mol. The van der Waals surface area contributed by atoms with Crippen molar-refractivity contribution >= 4 is 15.9 Å². The maximum atomic E-state index is 13.5. The van der Waals surface area contributed by atoms with Crippen LogP contribution in [0.4, 0.5) is 8.78 Å². The minimum absolute atomic E-state index is 0.0345. The summed E-state index contributed by atoms with van der Waals surface area (Å²) in [6.45, 7) is 0.102. The quantitative estimate of drug-likeness (QED) is 0.926. The molecule has 0 fully saturated rings. The molecule has 19 heavy (non-hydrogen) atoms. The van der Waals surface area contributed by atoms with E-state index in [2.05, 4.69) is 15.9 Å². The van der Waals surface area contributed by atoms with Gasteiger partial charge in [0.15, 0.2) is 11.6 Å². The summed E-state index contributed by atoms with van der Waals surface area (Å²) in [6, 6.07) is 10.9. The molecule has 0 radical (unpaired) electrons. The van der Waals surface area contributed by atoms with Crippen molar-refractivity contribution in [3.8, 4) is 5.75 Å².